The highest BCUT2D eigenvalue weighted by atomic mass is 19.3. The normalized spacial score (nSPS) is 12.6. The fourth-order valence-corrected chi connectivity index (χ4v) is 2.11. The number of aromatic amines is 1. The van der Waals surface area contributed by atoms with Crippen molar-refractivity contribution < 1.29 is 13.5 Å². The Balaban J connectivity index is 2.08. The number of alkyl halides is 2. The van der Waals surface area contributed by atoms with Gasteiger partial charge in [-0.05, 0) is 30.7 Å². The number of nitrogens with zero attached hydrogens (tertiary/aromatic N) is 1. The Morgan fingerprint density at radius 1 is 1.29 bits per heavy atom. The van der Waals surface area contributed by atoms with Crippen molar-refractivity contribution in [2.75, 3.05) is 6.54 Å². The number of ether oxygens (including phenoxy) is 1. The summed E-state index contributed by atoms with van der Waals surface area (Å²) in [5.41, 5.74) is 1.02. The number of hydrogen-bond acceptors (Lipinski definition) is 3. The van der Waals surface area contributed by atoms with Gasteiger partial charge < -0.3 is 15.0 Å². The zero-order valence-corrected chi connectivity index (χ0v) is 11.9. The fourth-order valence-electron chi connectivity index (χ4n) is 2.11. The number of nitrogens with one attached hydrogen (secondary N) is 2. The monoisotopic (exact) mass is 295 g/mol. The van der Waals surface area contributed by atoms with Crippen LogP contribution in [0.1, 0.15) is 30.8 Å². The summed E-state index contributed by atoms with van der Waals surface area (Å²) in [5.74, 6) is 1.05. The van der Waals surface area contributed by atoms with Gasteiger partial charge in [-0.2, -0.15) is 8.78 Å². The molecule has 1 atom stereocenters. The Labute approximate surface area is 122 Å². The molecular formula is C15H19F2N3O. The Kier molecular flexibility index (Phi) is 5.68. The molecule has 1 heterocycles. The molecule has 0 radical (unpaired) electrons. The predicted octanol–water partition coefficient (Wildman–Crippen LogP) is 3.29. The standard InChI is InChI=1S/C15H19F2N3O/c1-2-7-18-13(10-14-19-8-9-20-14)11-3-5-12(6-4-11)21-15(16)17/h3-6,8-9,13,15,18H,2,7,10H2,1H3,(H,19,20). The van der Waals surface area contributed by atoms with Crippen LogP contribution in [-0.2, 0) is 6.42 Å². The lowest BCUT2D eigenvalue weighted by atomic mass is 10.0. The van der Waals surface area contributed by atoms with Gasteiger partial charge >= 0.3 is 6.61 Å². The van der Waals surface area contributed by atoms with E-state index in [1.807, 2.05) is 0 Å². The first kappa shape index (κ1) is 15.4. The SMILES string of the molecule is CCCNC(Cc1ncc[nH]1)c1ccc(OC(F)F)cc1. The second kappa shape index (κ2) is 7.73. The molecule has 0 fully saturated rings. The van der Waals surface area contributed by atoms with E-state index in [4.69, 9.17) is 0 Å². The molecule has 1 aromatic heterocycles. The van der Waals surface area contributed by atoms with Gasteiger partial charge in [-0.15, -0.1) is 0 Å². The van der Waals surface area contributed by atoms with Crippen molar-refractivity contribution in [2.45, 2.75) is 32.4 Å². The van der Waals surface area contributed by atoms with Crippen molar-refractivity contribution in [3.63, 3.8) is 0 Å². The smallest absolute Gasteiger partial charge is 0.387 e. The summed E-state index contributed by atoms with van der Waals surface area (Å²) in [5, 5.41) is 3.44. The van der Waals surface area contributed by atoms with E-state index in [1.54, 1.807) is 36.7 Å². The summed E-state index contributed by atoms with van der Waals surface area (Å²) < 4.78 is 28.7. The summed E-state index contributed by atoms with van der Waals surface area (Å²) >= 11 is 0. The summed E-state index contributed by atoms with van der Waals surface area (Å²) in [7, 11) is 0. The van der Waals surface area contributed by atoms with Crippen molar-refractivity contribution >= 4 is 0 Å². The van der Waals surface area contributed by atoms with Crippen molar-refractivity contribution in [3.05, 3.63) is 48.0 Å². The number of benzene rings is 1. The first-order valence-electron chi connectivity index (χ1n) is 6.95. The van der Waals surface area contributed by atoms with E-state index in [0.717, 1.165) is 24.4 Å². The molecule has 0 saturated carbocycles. The molecule has 0 spiro atoms. The molecule has 0 bridgehead atoms. The fraction of sp³-hybridized carbons (Fsp3) is 0.400. The predicted molar refractivity (Wildman–Crippen MR) is 76.4 cm³/mol. The molecule has 2 aromatic rings. The lowest BCUT2D eigenvalue weighted by Crippen LogP contribution is -2.24. The Bertz CT molecular complexity index is 514. The van der Waals surface area contributed by atoms with Gasteiger partial charge in [-0.1, -0.05) is 19.1 Å². The van der Waals surface area contributed by atoms with Gasteiger partial charge in [-0.3, -0.25) is 0 Å². The van der Waals surface area contributed by atoms with Gasteiger partial charge in [0.15, 0.2) is 0 Å². The average Bonchev–Trinajstić information content (AvgIpc) is 2.97. The Morgan fingerprint density at radius 3 is 2.62 bits per heavy atom. The third kappa shape index (κ3) is 4.82. The first-order valence-corrected chi connectivity index (χ1v) is 6.95. The zero-order chi connectivity index (χ0) is 15.1. The largest absolute Gasteiger partial charge is 0.435 e. The number of H-pyrrole nitrogens is 1. The van der Waals surface area contributed by atoms with Crippen molar-refractivity contribution in [2.24, 2.45) is 0 Å². The minimum absolute atomic E-state index is 0.0803. The van der Waals surface area contributed by atoms with Crippen LogP contribution in [-0.4, -0.2) is 23.1 Å². The second-order valence-electron chi connectivity index (χ2n) is 4.69. The van der Waals surface area contributed by atoms with Crippen LogP contribution >= 0.6 is 0 Å². The molecule has 0 saturated heterocycles. The highest BCUT2D eigenvalue weighted by molar-refractivity contribution is 5.29. The lowest BCUT2D eigenvalue weighted by Gasteiger charge is -2.18. The highest BCUT2D eigenvalue weighted by Crippen LogP contribution is 2.21. The molecule has 0 aliphatic rings. The van der Waals surface area contributed by atoms with Crippen LogP contribution in [0.5, 0.6) is 5.75 Å². The van der Waals surface area contributed by atoms with E-state index in [9.17, 15) is 8.78 Å². The number of imidazole rings is 1. The van der Waals surface area contributed by atoms with Gasteiger partial charge in [0.25, 0.3) is 0 Å². The minimum atomic E-state index is -2.80. The molecule has 1 unspecified atom stereocenters. The second-order valence-corrected chi connectivity index (χ2v) is 4.69. The molecule has 1 aromatic carbocycles. The maximum absolute atomic E-state index is 12.2. The third-order valence-electron chi connectivity index (χ3n) is 3.10. The van der Waals surface area contributed by atoms with E-state index in [1.165, 1.54) is 0 Å². The number of aromatic nitrogens is 2. The molecule has 4 nitrogen and oxygen atoms in total. The molecule has 21 heavy (non-hydrogen) atoms. The van der Waals surface area contributed by atoms with Gasteiger partial charge in [0.2, 0.25) is 0 Å². The first-order chi connectivity index (χ1) is 10.2. The molecule has 2 rings (SSSR count). The summed E-state index contributed by atoms with van der Waals surface area (Å²) in [6, 6.07) is 6.80. The van der Waals surface area contributed by atoms with Crippen LogP contribution in [0.4, 0.5) is 8.78 Å². The van der Waals surface area contributed by atoms with Crippen LogP contribution in [0.3, 0.4) is 0 Å². The molecule has 0 aliphatic carbocycles. The van der Waals surface area contributed by atoms with Crippen molar-refractivity contribution in [3.8, 4) is 5.75 Å². The van der Waals surface area contributed by atoms with E-state index >= 15 is 0 Å². The highest BCUT2D eigenvalue weighted by Gasteiger charge is 2.13. The average molecular weight is 295 g/mol. The molecule has 6 heteroatoms. The van der Waals surface area contributed by atoms with E-state index in [2.05, 4.69) is 26.9 Å². The Hall–Kier alpha value is -1.95. The molecule has 0 amide bonds. The molecule has 2 N–H and O–H groups in total. The van der Waals surface area contributed by atoms with Crippen LogP contribution in [0.25, 0.3) is 0 Å². The van der Waals surface area contributed by atoms with Crippen LogP contribution in [0, 0.1) is 0 Å². The molecule has 0 aliphatic heterocycles. The van der Waals surface area contributed by atoms with E-state index in [-0.39, 0.29) is 11.8 Å². The zero-order valence-electron chi connectivity index (χ0n) is 11.9. The molecule has 114 valence electrons. The van der Waals surface area contributed by atoms with Crippen molar-refractivity contribution in [1.82, 2.24) is 15.3 Å². The van der Waals surface area contributed by atoms with E-state index < -0.39 is 6.61 Å². The Morgan fingerprint density at radius 2 is 2.05 bits per heavy atom. The van der Waals surface area contributed by atoms with Gasteiger partial charge in [-0.25, -0.2) is 4.98 Å². The lowest BCUT2D eigenvalue weighted by molar-refractivity contribution is -0.0498. The summed E-state index contributed by atoms with van der Waals surface area (Å²) in [4.78, 5) is 7.30. The quantitative estimate of drug-likeness (QED) is 0.785. The van der Waals surface area contributed by atoms with Gasteiger partial charge in [0.1, 0.15) is 11.6 Å². The summed E-state index contributed by atoms with van der Waals surface area (Å²) in [6.45, 7) is 0.171. The van der Waals surface area contributed by atoms with Gasteiger partial charge in [0.05, 0.1) is 0 Å². The number of rotatable bonds is 8. The van der Waals surface area contributed by atoms with Gasteiger partial charge in [0, 0.05) is 24.9 Å². The maximum Gasteiger partial charge on any atom is 0.387 e. The minimum Gasteiger partial charge on any atom is -0.435 e. The number of hydrogen-bond donors (Lipinski definition) is 2. The third-order valence-corrected chi connectivity index (χ3v) is 3.10. The van der Waals surface area contributed by atoms with Crippen LogP contribution in [0.15, 0.2) is 36.7 Å². The van der Waals surface area contributed by atoms with E-state index in [0.29, 0.717) is 6.42 Å². The molecular weight excluding hydrogens is 276 g/mol. The maximum atomic E-state index is 12.2. The van der Waals surface area contributed by atoms with Crippen molar-refractivity contribution in [1.29, 1.82) is 0 Å². The number of halogens is 2. The van der Waals surface area contributed by atoms with Crippen LogP contribution in [0.2, 0.25) is 0 Å². The summed E-state index contributed by atoms with van der Waals surface area (Å²) in [6.07, 6.45) is 5.22. The van der Waals surface area contributed by atoms with Crippen LogP contribution < -0.4 is 10.1 Å². The topological polar surface area (TPSA) is 49.9 Å².